The molecule has 0 bridgehead atoms. The Labute approximate surface area is 138 Å². The van der Waals surface area contributed by atoms with Crippen LogP contribution in [0.2, 0.25) is 0 Å². The van der Waals surface area contributed by atoms with E-state index in [0.29, 0.717) is 0 Å². The number of primary amides is 1. The molecule has 0 spiro atoms. The van der Waals surface area contributed by atoms with E-state index in [1.807, 2.05) is 31.2 Å². The van der Waals surface area contributed by atoms with Gasteiger partial charge in [0.1, 0.15) is 6.04 Å². The Bertz CT molecular complexity index is 789. The van der Waals surface area contributed by atoms with Crippen LogP contribution in [0.15, 0.2) is 48.5 Å². The topological polar surface area (TPSA) is 115 Å². The molecule has 0 heterocycles. The molecule has 0 saturated carbocycles. The van der Waals surface area contributed by atoms with Gasteiger partial charge >= 0.3 is 0 Å². The average Bonchev–Trinajstić information content (AvgIpc) is 2.54. The molecule has 0 aromatic heterocycles. The maximum Gasteiger partial charge on any atom is 0.270 e. The highest BCUT2D eigenvalue weighted by Crippen LogP contribution is 2.13. The van der Waals surface area contributed by atoms with Crippen molar-refractivity contribution in [3.05, 3.63) is 75.3 Å². The second-order valence-electron chi connectivity index (χ2n) is 5.43. The number of non-ortho nitro benzene ring substituents is 1. The van der Waals surface area contributed by atoms with E-state index in [1.165, 1.54) is 18.2 Å². The number of carbonyl (C=O) groups excluding carboxylic acids is 2. The molecule has 2 aromatic rings. The van der Waals surface area contributed by atoms with E-state index < -0.39 is 22.8 Å². The van der Waals surface area contributed by atoms with Gasteiger partial charge in [-0.25, -0.2) is 0 Å². The predicted octanol–water partition coefficient (Wildman–Crippen LogP) is 1.73. The number of hydrogen-bond acceptors (Lipinski definition) is 4. The van der Waals surface area contributed by atoms with Gasteiger partial charge in [-0.15, -0.1) is 0 Å². The van der Waals surface area contributed by atoms with Crippen molar-refractivity contribution in [2.45, 2.75) is 19.4 Å². The summed E-state index contributed by atoms with van der Waals surface area (Å²) in [4.78, 5) is 34.1. The second kappa shape index (κ2) is 7.36. The molecule has 0 saturated heterocycles. The molecule has 3 N–H and O–H groups in total. The smallest absolute Gasteiger partial charge is 0.270 e. The summed E-state index contributed by atoms with van der Waals surface area (Å²) >= 11 is 0. The third-order valence-electron chi connectivity index (χ3n) is 3.49. The van der Waals surface area contributed by atoms with Gasteiger partial charge in [-0.2, -0.15) is 0 Å². The Morgan fingerprint density at radius 3 is 2.54 bits per heavy atom. The van der Waals surface area contributed by atoms with Crippen LogP contribution in [0.5, 0.6) is 0 Å². The van der Waals surface area contributed by atoms with E-state index in [4.69, 9.17) is 5.73 Å². The third kappa shape index (κ3) is 4.39. The molecule has 124 valence electrons. The van der Waals surface area contributed by atoms with Crippen LogP contribution in [0, 0.1) is 17.0 Å². The molecule has 2 amide bonds. The van der Waals surface area contributed by atoms with Gasteiger partial charge in [0.15, 0.2) is 0 Å². The van der Waals surface area contributed by atoms with Crippen molar-refractivity contribution in [3.63, 3.8) is 0 Å². The molecule has 7 heteroatoms. The number of nitro groups is 1. The Balaban J connectivity index is 2.15. The van der Waals surface area contributed by atoms with Gasteiger partial charge in [0, 0.05) is 24.1 Å². The molecule has 0 aliphatic heterocycles. The summed E-state index contributed by atoms with van der Waals surface area (Å²) in [6, 6.07) is 11.9. The minimum Gasteiger partial charge on any atom is -0.368 e. The van der Waals surface area contributed by atoms with Gasteiger partial charge in [-0.05, 0) is 18.6 Å². The average molecular weight is 327 g/mol. The Morgan fingerprint density at radius 1 is 1.21 bits per heavy atom. The summed E-state index contributed by atoms with van der Waals surface area (Å²) in [5, 5.41) is 13.3. The fourth-order valence-corrected chi connectivity index (χ4v) is 2.30. The number of nitrogens with one attached hydrogen (secondary N) is 1. The number of carbonyl (C=O) groups is 2. The zero-order valence-electron chi connectivity index (χ0n) is 13.1. The highest BCUT2D eigenvalue weighted by molar-refractivity contribution is 5.97. The van der Waals surface area contributed by atoms with Crippen molar-refractivity contribution in [1.82, 2.24) is 5.32 Å². The van der Waals surface area contributed by atoms with Crippen LogP contribution in [0.1, 0.15) is 21.5 Å². The number of hydrogen-bond donors (Lipinski definition) is 2. The molecule has 0 fully saturated rings. The molecule has 24 heavy (non-hydrogen) atoms. The normalized spacial score (nSPS) is 11.5. The SMILES string of the molecule is Cc1cccc(C[C@@H](NC(=O)c2cccc([N+](=O)[O-])c2)C(N)=O)c1. The van der Waals surface area contributed by atoms with E-state index in [1.54, 1.807) is 0 Å². The molecular weight excluding hydrogens is 310 g/mol. The number of aryl methyl sites for hydroxylation is 1. The zero-order valence-corrected chi connectivity index (χ0v) is 13.1. The Morgan fingerprint density at radius 2 is 1.92 bits per heavy atom. The molecular formula is C17H17N3O4. The molecule has 2 aromatic carbocycles. The van der Waals surface area contributed by atoms with Gasteiger partial charge < -0.3 is 11.1 Å². The van der Waals surface area contributed by atoms with Crippen molar-refractivity contribution in [2.24, 2.45) is 5.73 Å². The van der Waals surface area contributed by atoms with Gasteiger partial charge in [0.2, 0.25) is 5.91 Å². The summed E-state index contributed by atoms with van der Waals surface area (Å²) < 4.78 is 0. The van der Waals surface area contributed by atoms with Crippen molar-refractivity contribution in [2.75, 3.05) is 0 Å². The first-order valence-electron chi connectivity index (χ1n) is 7.27. The lowest BCUT2D eigenvalue weighted by Crippen LogP contribution is -2.45. The van der Waals surface area contributed by atoms with Crippen LogP contribution in [0.3, 0.4) is 0 Å². The minimum absolute atomic E-state index is 0.0969. The van der Waals surface area contributed by atoms with Crippen LogP contribution in [-0.4, -0.2) is 22.8 Å². The lowest BCUT2D eigenvalue weighted by molar-refractivity contribution is -0.384. The molecule has 0 radical (unpaired) electrons. The van der Waals surface area contributed by atoms with Crippen molar-refractivity contribution >= 4 is 17.5 Å². The molecule has 1 atom stereocenters. The van der Waals surface area contributed by atoms with Crippen molar-refractivity contribution < 1.29 is 14.5 Å². The first-order chi connectivity index (χ1) is 11.4. The summed E-state index contributed by atoms with van der Waals surface area (Å²) in [5.74, 6) is -1.26. The standard InChI is InChI=1S/C17H17N3O4/c1-11-4-2-5-12(8-11)9-15(16(18)21)19-17(22)13-6-3-7-14(10-13)20(23)24/h2-8,10,15H,9H2,1H3,(H2,18,21)(H,19,22)/t15-/m1/s1. The van der Waals surface area contributed by atoms with Gasteiger partial charge in [0.25, 0.3) is 11.6 Å². The number of rotatable bonds is 6. The first kappa shape index (κ1) is 17.1. The lowest BCUT2D eigenvalue weighted by Gasteiger charge is -2.16. The van der Waals surface area contributed by atoms with Crippen LogP contribution >= 0.6 is 0 Å². The van der Waals surface area contributed by atoms with Crippen molar-refractivity contribution in [3.8, 4) is 0 Å². The van der Waals surface area contributed by atoms with Gasteiger partial charge in [-0.3, -0.25) is 19.7 Å². The van der Waals surface area contributed by atoms with Gasteiger partial charge in [-0.1, -0.05) is 35.9 Å². The predicted molar refractivity (Wildman–Crippen MR) is 88.4 cm³/mol. The van der Waals surface area contributed by atoms with Crippen LogP contribution in [0.4, 0.5) is 5.69 Å². The van der Waals surface area contributed by atoms with Crippen LogP contribution in [0.25, 0.3) is 0 Å². The minimum atomic E-state index is -0.904. The first-order valence-corrected chi connectivity index (χ1v) is 7.27. The fraction of sp³-hybridized carbons (Fsp3) is 0.176. The maximum atomic E-state index is 12.3. The summed E-state index contributed by atoms with van der Waals surface area (Å²) in [7, 11) is 0. The van der Waals surface area contributed by atoms with E-state index in [-0.39, 0.29) is 17.7 Å². The zero-order chi connectivity index (χ0) is 17.7. The lowest BCUT2D eigenvalue weighted by atomic mass is 10.0. The Kier molecular flexibility index (Phi) is 5.26. The highest BCUT2D eigenvalue weighted by Gasteiger charge is 2.20. The number of amides is 2. The summed E-state index contributed by atoms with van der Waals surface area (Å²) in [6.07, 6.45) is 0.248. The summed E-state index contributed by atoms with van der Waals surface area (Å²) in [5.41, 5.74) is 7.15. The van der Waals surface area contributed by atoms with Crippen molar-refractivity contribution in [1.29, 1.82) is 0 Å². The second-order valence-corrected chi connectivity index (χ2v) is 5.43. The fourth-order valence-electron chi connectivity index (χ4n) is 2.30. The molecule has 2 rings (SSSR count). The largest absolute Gasteiger partial charge is 0.368 e. The maximum absolute atomic E-state index is 12.3. The van der Waals surface area contributed by atoms with E-state index in [9.17, 15) is 19.7 Å². The number of nitro benzene ring substituents is 1. The molecule has 0 aliphatic rings. The summed E-state index contributed by atoms with van der Waals surface area (Å²) in [6.45, 7) is 1.92. The highest BCUT2D eigenvalue weighted by atomic mass is 16.6. The van der Waals surface area contributed by atoms with E-state index >= 15 is 0 Å². The number of nitrogens with zero attached hydrogens (tertiary/aromatic N) is 1. The quantitative estimate of drug-likeness (QED) is 0.621. The number of benzene rings is 2. The monoisotopic (exact) mass is 327 g/mol. The van der Waals surface area contributed by atoms with Crippen LogP contribution < -0.4 is 11.1 Å². The number of nitrogens with two attached hydrogens (primary N) is 1. The van der Waals surface area contributed by atoms with E-state index in [0.717, 1.165) is 17.2 Å². The van der Waals surface area contributed by atoms with Gasteiger partial charge in [0.05, 0.1) is 4.92 Å². The molecule has 7 nitrogen and oxygen atoms in total. The third-order valence-corrected chi connectivity index (χ3v) is 3.49. The molecule has 0 aliphatic carbocycles. The van der Waals surface area contributed by atoms with E-state index in [2.05, 4.69) is 5.32 Å². The Hall–Kier alpha value is -3.22. The van der Waals surface area contributed by atoms with Crippen LogP contribution in [-0.2, 0) is 11.2 Å². The molecule has 0 unspecified atom stereocenters.